The molecule has 2 aromatic carbocycles. The van der Waals surface area contributed by atoms with Gasteiger partial charge in [0.1, 0.15) is 31.0 Å². The first-order valence-corrected chi connectivity index (χ1v) is 10.5. The van der Waals surface area contributed by atoms with Crippen molar-refractivity contribution in [1.29, 1.82) is 0 Å². The zero-order chi connectivity index (χ0) is 22.3. The first kappa shape index (κ1) is 24.3. The molecule has 0 atom stereocenters. The van der Waals surface area contributed by atoms with Crippen molar-refractivity contribution in [3.8, 4) is 17.2 Å². The van der Waals surface area contributed by atoms with Crippen LogP contribution in [0.1, 0.15) is 30.0 Å². The summed E-state index contributed by atoms with van der Waals surface area (Å²) in [5.74, 6) is 2.59. The van der Waals surface area contributed by atoms with E-state index in [-0.39, 0.29) is 0 Å². The minimum absolute atomic E-state index is 0.401. The van der Waals surface area contributed by atoms with Crippen molar-refractivity contribution in [3.05, 3.63) is 65.2 Å². The Morgan fingerprint density at radius 3 is 2.42 bits per heavy atom. The highest BCUT2D eigenvalue weighted by Gasteiger charge is 2.07. The van der Waals surface area contributed by atoms with E-state index in [2.05, 4.69) is 9.99 Å². The molecule has 0 aromatic heterocycles. The van der Waals surface area contributed by atoms with Crippen LogP contribution in [0.4, 0.5) is 0 Å². The zero-order valence-electron chi connectivity index (χ0n) is 18.9. The van der Waals surface area contributed by atoms with Gasteiger partial charge in [-0.3, -0.25) is 0 Å². The number of benzene rings is 2. The van der Waals surface area contributed by atoms with Crippen molar-refractivity contribution in [2.45, 2.75) is 33.8 Å². The Labute approximate surface area is 185 Å². The van der Waals surface area contributed by atoms with E-state index < -0.39 is 0 Å². The number of hydrogen-bond donors (Lipinski definition) is 0. The van der Waals surface area contributed by atoms with Gasteiger partial charge in [-0.2, -0.15) is 0 Å². The molecule has 0 amide bonds. The second-order valence-electron chi connectivity index (χ2n) is 6.95. The molecule has 6 nitrogen and oxygen atoms in total. The van der Waals surface area contributed by atoms with Gasteiger partial charge >= 0.3 is 0 Å². The van der Waals surface area contributed by atoms with Crippen molar-refractivity contribution >= 4 is 6.21 Å². The third kappa shape index (κ3) is 9.13. The second-order valence-corrected chi connectivity index (χ2v) is 6.95. The molecule has 168 valence electrons. The number of hydrogen-bond acceptors (Lipinski definition) is 6. The number of allylic oxidation sites excluding steroid dienone is 1. The van der Waals surface area contributed by atoms with Crippen LogP contribution in [0.5, 0.6) is 17.2 Å². The maximum atomic E-state index is 6.00. The molecule has 0 saturated carbocycles. The number of oxime groups is 1. The molecule has 0 unspecified atom stereocenters. The Morgan fingerprint density at radius 2 is 1.68 bits per heavy atom. The third-order valence-corrected chi connectivity index (χ3v) is 4.36. The number of rotatable bonds is 14. The van der Waals surface area contributed by atoms with Crippen LogP contribution in [-0.4, -0.2) is 39.8 Å². The van der Waals surface area contributed by atoms with E-state index in [9.17, 15) is 0 Å². The van der Waals surface area contributed by atoms with Crippen molar-refractivity contribution in [2.75, 3.05) is 33.5 Å². The Hall–Kier alpha value is -2.99. The number of ether oxygens (including phenoxy) is 4. The van der Waals surface area contributed by atoms with Crippen LogP contribution < -0.4 is 14.2 Å². The van der Waals surface area contributed by atoms with E-state index in [1.165, 1.54) is 7.11 Å². The molecule has 2 rings (SSSR count). The average molecular weight is 428 g/mol. The highest BCUT2D eigenvalue weighted by molar-refractivity contribution is 5.57. The van der Waals surface area contributed by atoms with Gasteiger partial charge in [-0.15, -0.1) is 0 Å². The maximum Gasteiger partial charge on any atom is 0.125 e. The predicted octanol–water partition coefficient (Wildman–Crippen LogP) is 5.26. The molecule has 0 fully saturated rings. The first-order chi connectivity index (χ1) is 15.1. The minimum Gasteiger partial charge on any atom is -0.493 e. The van der Waals surface area contributed by atoms with Gasteiger partial charge in [-0.25, -0.2) is 0 Å². The summed E-state index contributed by atoms with van der Waals surface area (Å²) in [7, 11) is 1.50. The summed E-state index contributed by atoms with van der Waals surface area (Å²) in [5, 5.41) is 3.64. The van der Waals surface area contributed by atoms with Crippen LogP contribution in [0.2, 0.25) is 0 Å². The minimum atomic E-state index is 0.401. The Kier molecular flexibility index (Phi) is 11.0. The Bertz CT molecular complexity index is 825. The fourth-order valence-electron chi connectivity index (χ4n) is 2.94. The molecule has 0 heterocycles. The smallest absolute Gasteiger partial charge is 0.125 e. The topological polar surface area (TPSA) is 58.5 Å². The molecule has 0 bridgehead atoms. The van der Waals surface area contributed by atoms with Crippen molar-refractivity contribution in [2.24, 2.45) is 5.16 Å². The Balaban J connectivity index is 1.73. The first-order valence-electron chi connectivity index (χ1n) is 10.5. The molecular weight excluding hydrogens is 394 g/mol. The van der Waals surface area contributed by atoms with E-state index >= 15 is 0 Å². The number of nitrogens with zero attached hydrogens (tertiary/aromatic N) is 1. The molecule has 0 aliphatic heterocycles. The van der Waals surface area contributed by atoms with Crippen LogP contribution in [0, 0.1) is 13.8 Å². The average Bonchev–Trinajstić information content (AvgIpc) is 2.75. The lowest BCUT2D eigenvalue weighted by Gasteiger charge is -2.14. The van der Waals surface area contributed by atoms with E-state index in [0.29, 0.717) is 33.0 Å². The van der Waals surface area contributed by atoms with Gasteiger partial charge in [0.2, 0.25) is 0 Å². The summed E-state index contributed by atoms with van der Waals surface area (Å²) >= 11 is 0. The summed E-state index contributed by atoms with van der Waals surface area (Å²) in [6, 6.07) is 11.9. The van der Waals surface area contributed by atoms with Gasteiger partial charge in [0.05, 0.1) is 32.6 Å². The summed E-state index contributed by atoms with van der Waals surface area (Å²) in [5.41, 5.74) is 3.18. The van der Waals surface area contributed by atoms with Crippen LogP contribution in [0.15, 0.2) is 53.7 Å². The van der Waals surface area contributed by atoms with Crippen LogP contribution in [-0.2, 0) is 16.2 Å². The molecule has 6 heteroatoms. The molecular formula is C25H33NO5. The van der Waals surface area contributed by atoms with Gasteiger partial charge in [0, 0.05) is 6.42 Å². The van der Waals surface area contributed by atoms with Crippen LogP contribution in [0.3, 0.4) is 0 Å². The maximum absolute atomic E-state index is 6.00. The lowest BCUT2D eigenvalue weighted by molar-refractivity contribution is 0.154. The van der Waals surface area contributed by atoms with Gasteiger partial charge in [-0.1, -0.05) is 29.4 Å². The van der Waals surface area contributed by atoms with Gasteiger partial charge in [0.15, 0.2) is 0 Å². The molecule has 0 radical (unpaired) electrons. The van der Waals surface area contributed by atoms with E-state index in [0.717, 1.165) is 40.4 Å². The Morgan fingerprint density at radius 1 is 0.903 bits per heavy atom. The normalized spacial score (nSPS) is 11.2. The van der Waals surface area contributed by atoms with Crippen LogP contribution in [0.25, 0.3) is 0 Å². The van der Waals surface area contributed by atoms with Gasteiger partial charge < -0.3 is 23.8 Å². The predicted molar refractivity (Wildman–Crippen MR) is 123 cm³/mol. The standard InChI is InChI=1S/C25H33NO5/c1-5-6-12-30-24-16-20(2)25(21(3)17-24)31-14-8-13-29-23-10-7-9-22(18-23)19-28-15-11-26-27-4/h5-7,9-11,16-18H,8,12-15,19H2,1-4H3/b6-5+,26-11+. The largest absolute Gasteiger partial charge is 0.493 e. The second kappa shape index (κ2) is 14.1. The summed E-state index contributed by atoms with van der Waals surface area (Å²) in [6.07, 6.45) is 6.32. The molecule has 0 aliphatic carbocycles. The van der Waals surface area contributed by atoms with Crippen molar-refractivity contribution in [3.63, 3.8) is 0 Å². The zero-order valence-corrected chi connectivity index (χ0v) is 18.9. The molecule has 31 heavy (non-hydrogen) atoms. The highest BCUT2D eigenvalue weighted by Crippen LogP contribution is 2.28. The van der Waals surface area contributed by atoms with Crippen molar-refractivity contribution < 1.29 is 23.8 Å². The number of aryl methyl sites for hydroxylation is 2. The van der Waals surface area contributed by atoms with E-state index in [1.807, 2.05) is 69.3 Å². The van der Waals surface area contributed by atoms with E-state index in [4.69, 9.17) is 18.9 Å². The quantitative estimate of drug-likeness (QED) is 0.178. The molecule has 0 aliphatic rings. The fraction of sp³-hybridized carbons (Fsp3) is 0.400. The molecule has 0 saturated heterocycles. The summed E-state index contributed by atoms with van der Waals surface area (Å²) in [4.78, 5) is 4.59. The van der Waals surface area contributed by atoms with Gasteiger partial charge in [-0.05, 0) is 61.7 Å². The van der Waals surface area contributed by atoms with Crippen LogP contribution >= 0.6 is 0 Å². The summed E-state index contributed by atoms with van der Waals surface area (Å²) < 4.78 is 23.1. The van der Waals surface area contributed by atoms with Crippen molar-refractivity contribution in [1.82, 2.24) is 0 Å². The molecule has 0 N–H and O–H groups in total. The molecule has 0 spiro atoms. The third-order valence-electron chi connectivity index (χ3n) is 4.36. The molecule has 2 aromatic rings. The summed E-state index contributed by atoms with van der Waals surface area (Å²) in [6.45, 7) is 8.68. The SMILES string of the molecule is C/C=C/COc1cc(C)c(OCCCOc2cccc(COC/C=N/OC)c2)c(C)c1. The highest BCUT2D eigenvalue weighted by atomic mass is 16.6. The van der Waals surface area contributed by atoms with E-state index in [1.54, 1.807) is 6.21 Å². The lowest BCUT2D eigenvalue weighted by atomic mass is 10.1. The fourth-order valence-corrected chi connectivity index (χ4v) is 2.94. The van der Waals surface area contributed by atoms with Gasteiger partial charge in [0.25, 0.3) is 0 Å². The monoisotopic (exact) mass is 427 g/mol. The lowest BCUT2D eigenvalue weighted by Crippen LogP contribution is -2.07.